The van der Waals surface area contributed by atoms with Gasteiger partial charge in [0.2, 0.25) is 5.91 Å². The summed E-state index contributed by atoms with van der Waals surface area (Å²) in [6.07, 6.45) is 1.02. The molecule has 1 aliphatic heterocycles. The average Bonchev–Trinajstić information content (AvgIpc) is 2.69. The number of nitrogens with one attached hydrogen (secondary N) is 1. The van der Waals surface area contributed by atoms with Gasteiger partial charge in [0.25, 0.3) is 0 Å². The topological polar surface area (TPSA) is 71.2 Å². The van der Waals surface area contributed by atoms with Gasteiger partial charge in [0.1, 0.15) is 0 Å². The van der Waals surface area contributed by atoms with Crippen molar-refractivity contribution in [2.24, 2.45) is 11.1 Å². The number of carbonyl (C=O) groups is 1. The summed E-state index contributed by atoms with van der Waals surface area (Å²) in [5.74, 6) is -0.0778. The molecule has 0 spiro atoms. The van der Waals surface area contributed by atoms with Crippen LogP contribution in [0.5, 0.6) is 0 Å². The Balaban J connectivity index is 1.94. The number of aromatic nitrogens is 1. The van der Waals surface area contributed by atoms with Crippen LogP contribution in [-0.2, 0) is 11.3 Å². The summed E-state index contributed by atoms with van der Waals surface area (Å²) in [4.78, 5) is 17.8. The molecule has 1 aliphatic rings. The van der Waals surface area contributed by atoms with Crippen LogP contribution in [0.4, 0.5) is 5.13 Å². The maximum atomic E-state index is 11.0. The van der Waals surface area contributed by atoms with E-state index in [-0.39, 0.29) is 17.4 Å². The van der Waals surface area contributed by atoms with Gasteiger partial charge >= 0.3 is 0 Å². The largest absolute Gasteiger partial charge is 0.327 e. The second kappa shape index (κ2) is 5.56. The van der Waals surface area contributed by atoms with Crippen molar-refractivity contribution in [3.05, 3.63) is 11.1 Å². The van der Waals surface area contributed by atoms with Crippen LogP contribution in [0.15, 0.2) is 5.38 Å². The summed E-state index contributed by atoms with van der Waals surface area (Å²) in [7, 11) is 0. The molecule has 1 aromatic heterocycles. The van der Waals surface area contributed by atoms with Crippen molar-refractivity contribution in [1.29, 1.82) is 0 Å². The lowest BCUT2D eigenvalue weighted by Crippen LogP contribution is -2.52. The van der Waals surface area contributed by atoms with E-state index in [0.717, 1.165) is 31.7 Å². The van der Waals surface area contributed by atoms with Gasteiger partial charge in [-0.1, -0.05) is 13.8 Å². The van der Waals surface area contributed by atoms with E-state index in [1.54, 1.807) is 0 Å². The van der Waals surface area contributed by atoms with Crippen LogP contribution in [0.1, 0.15) is 32.9 Å². The van der Waals surface area contributed by atoms with Gasteiger partial charge in [-0.3, -0.25) is 9.69 Å². The van der Waals surface area contributed by atoms with Gasteiger partial charge in [0.05, 0.1) is 5.69 Å². The summed E-state index contributed by atoms with van der Waals surface area (Å²) in [5.41, 5.74) is 7.30. The van der Waals surface area contributed by atoms with Crippen molar-refractivity contribution in [3.63, 3.8) is 0 Å². The first-order chi connectivity index (χ1) is 8.87. The Kier molecular flexibility index (Phi) is 4.23. The van der Waals surface area contributed by atoms with Gasteiger partial charge in [-0.05, 0) is 11.8 Å². The highest BCUT2D eigenvalue weighted by molar-refractivity contribution is 7.13. The first-order valence-corrected chi connectivity index (χ1v) is 7.45. The standard InChI is InChI=1S/C13H22N4OS/c1-9(18)15-12-16-10(7-19-12)6-17-5-4-11(14)13(2,3)8-17/h7,11H,4-6,8,14H2,1-3H3,(H,15,16,18). The molecule has 1 atom stereocenters. The van der Waals surface area contributed by atoms with Gasteiger partial charge in [-0.2, -0.15) is 0 Å². The molecular weight excluding hydrogens is 260 g/mol. The zero-order valence-electron chi connectivity index (χ0n) is 11.8. The van der Waals surface area contributed by atoms with E-state index in [1.165, 1.54) is 18.3 Å². The van der Waals surface area contributed by atoms with Gasteiger partial charge < -0.3 is 11.1 Å². The number of thiazole rings is 1. The number of hydrogen-bond donors (Lipinski definition) is 2. The molecule has 1 aromatic rings. The molecule has 3 N–H and O–H groups in total. The molecule has 0 saturated carbocycles. The number of rotatable bonds is 3. The van der Waals surface area contributed by atoms with Gasteiger partial charge in [0.15, 0.2) is 5.13 Å². The molecule has 106 valence electrons. The number of anilines is 1. The summed E-state index contributed by atoms with van der Waals surface area (Å²) in [6, 6.07) is 0.272. The van der Waals surface area contributed by atoms with E-state index in [0.29, 0.717) is 5.13 Å². The minimum atomic E-state index is -0.0778. The van der Waals surface area contributed by atoms with Crippen molar-refractivity contribution in [3.8, 4) is 0 Å². The van der Waals surface area contributed by atoms with Gasteiger partial charge in [-0.25, -0.2) is 4.98 Å². The van der Waals surface area contributed by atoms with Crippen LogP contribution in [0.25, 0.3) is 0 Å². The van der Waals surface area contributed by atoms with E-state index in [2.05, 4.69) is 29.0 Å². The monoisotopic (exact) mass is 282 g/mol. The number of likely N-dealkylation sites (tertiary alicyclic amines) is 1. The predicted octanol–water partition coefficient (Wildman–Crippen LogP) is 1.66. The van der Waals surface area contributed by atoms with E-state index in [9.17, 15) is 4.79 Å². The normalized spacial score (nSPS) is 23.3. The zero-order valence-corrected chi connectivity index (χ0v) is 12.6. The third-order valence-electron chi connectivity index (χ3n) is 3.61. The summed E-state index contributed by atoms with van der Waals surface area (Å²) in [5, 5.41) is 5.40. The highest BCUT2D eigenvalue weighted by Gasteiger charge is 2.33. The van der Waals surface area contributed by atoms with Gasteiger partial charge in [0, 0.05) is 38.0 Å². The minimum absolute atomic E-state index is 0.0778. The van der Waals surface area contributed by atoms with Crippen molar-refractivity contribution in [1.82, 2.24) is 9.88 Å². The van der Waals surface area contributed by atoms with Crippen molar-refractivity contribution >= 4 is 22.4 Å². The maximum Gasteiger partial charge on any atom is 0.223 e. The molecule has 1 unspecified atom stereocenters. The Morgan fingerprint density at radius 3 is 3.05 bits per heavy atom. The number of nitrogens with zero attached hydrogens (tertiary/aromatic N) is 2. The Morgan fingerprint density at radius 2 is 2.42 bits per heavy atom. The number of hydrogen-bond acceptors (Lipinski definition) is 5. The third kappa shape index (κ3) is 3.75. The Morgan fingerprint density at radius 1 is 1.68 bits per heavy atom. The third-order valence-corrected chi connectivity index (χ3v) is 4.42. The Labute approximate surface area is 118 Å². The Hall–Kier alpha value is -0.980. The van der Waals surface area contributed by atoms with Crippen LogP contribution >= 0.6 is 11.3 Å². The molecule has 0 bridgehead atoms. The number of nitrogens with two attached hydrogens (primary N) is 1. The highest BCUT2D eigenvalue weighted by atomic mass is 32.1. The molecule has 1 saturated heterocycles. The number of carbonyl (C=O) groups excluding carboxylic acids is 1. The molecular formula is C13H22N4OS. The second-order valence-corrected chi connectivity index (χ2v) is 6.78. The fraction of sp³-hybridized carbons (Fsp3) is 0.692. The fourth-order valence-electron chi connectivity index (χ4n) is 2.44. The molecule has 19 heavy (non-hydrogen) atoms. The van der Waals surface area contributed by atoms with Crippen molar-refractivity contribution < 1.29 is 4.79 Å². The summed E-state index contributed by atoms with van der Waals surface area (Å²) >= 11 is 1.47. The molecule has 0 aromatic carbocycles. The molecule has 1 amide bonds. The summed E-state index contributed by atoms with van der Waals surface area (Å²) in [6.45, 7) is 8.75. The number of piperidine rings is 1. The first-order valence-electron chi connectivity index (χ1n) is 6.57. The quantitative estimate of drug-likeness (QED) is 0.884. The van der Waals surface area contributed by atoms with E-state index >= 15 is 0 Å². The average molecular weight is 282 g/mol. The van der Waals surface area contributed by atoms with Crippen LogP contribution in [0, 0.1) is 5.41 Å². The lowest BCUT2D eigenvalue weighted by atomic mass is 9.80. The van der Waals surface area contributed by atoms with E-state index < -0.39 is 0 Å². The molecule has 0 radical (unpaired) electrons. The number of amides is 1. The molecule has 2 heterocycles. The maximum absolute atomic E-state index is 11.0. The minimum Gasteiger partial charge on any atom is -0.327 e. The summed E-state index contributed by atoms with van der Waals surface area (Å²) < 4.78 is 0. The van der Waals surface area contributed by atoms with Crippen LogP contribution in [0.2, 0.25) is 0 Å². The lowest BCUT2D eigenvalue weighted by molar-refractivity contribution is -0.114. The molecule has 6 heteroatoms. The predicted molar refractivity (Wildman–Crippen MR) is 78.1 cm³/mol. The van der Waals surface area contributed by atoms with E-state index in [4.69, 9.17) is 5.73 Å². The van der Waals surface area contributed by atoms with Crippen molar-refractivity contribution in [2.75, 3.05) is 18.4 Å². The van der Waals surface area contributed by atoms with Crippen molar-refractivity contribution in [2.45, 2.75) is 39.8 Å². The van der Waals surface area contributed by atoms with Crippen LogP contribution in [0.3, 0.4) is 0 Å². The second-order valence-electron chi connectivity index (χ2n) is 5.92. The highest BCUT2D eigenvalue weighted by Crippen LogP contribution is 2.29. The smallest absolute Gasteiger partial charge is 0.223 e. The molecule has 5 nitrogen and oxygen atoms in total. The lowest BCUT2D eigenvalue weighted by Gasteiger charge is -2.42. The van der Waals surface area contributed by atoms with Crippen LogP contribution < -0.4 is 11.1 Å². The molecule has 1 fully saturated rings. The van der Waals surface area contributed by atoms with E-state index in [1.807, 2.05) is 5.38 Å². The fourth-order valence-corrected chi connectivity index (χ4v) is 3.18. The SMILES string of the molecule is CC(=O)Nc1nc(CN2CCC(N)C(C)(C)C2)cs1. The molecule has 2 rings (SSSR count). The Bertz CT molecular complexity index is 457. The first kappa shape index (κ1) is 14.4. The zero-order chi connectivity index (χ0) is 14.0. The van der Waals surface area contributed by atoms with Crippen LogP contribution in [-0.4, -0.2) is 34.9 Å². The molecule has 0 aliphatic carbocycles. The van der Waals surface area contributed by atoms with Gasteiger partial charge in [-0.15, -0.1) is 11.3 Å².